The Labute approximate surface area is 90.6 Å². The van der Waals surface area contributed by atoms with Crippen molar-refractivity contribution >= 4 is 12.2 Å². The van der Waals surface area contributed by atoms with Gasteiger partial charge < -0.3 is 10.6 Å². The topological polar surface area (TPSA) is 54.0 Å². The van der Waals surface area contributed by atoms with Crippen molar-refractivity contribution in [2.24, 2.45) is 33.5 Å². The fourth-order valence-corrected chi connectivity index (χ4v) is 2.56. The molecule has 1 saturated heterocycles. The van der Waals surface area contributed by atoms with Crippen LogP contribution >= 0.6 is 0 Å². The average Bonchev–Trinajstić information content (AvgIpc) is 2.73. The summed E-state index contributed by atoms with van der Waals surface area (Å²) in [5.74, 6) is 3.14. The van der Waals surface area contributed by atoms with Crippen molar-refractivity contribution in [3.63, 3.8) is 0 Å². The molecule has 0 aromatic carbocycles. The smallest absolute Gasteiger partial charge is 0.220 e. The minimum atomic E-state index is 0.753. The number of hydrogen-bond donors (Lipinski definition) is 1. The van der Waals surface area contributed by atoms with Crippen molar-refractivity contribution in [2.75, 3.05) is 26.7 Å². The lowest BCUT2D eigenvalue weighted by atomic mass is 10.3. The molecule has 1 aliphatic heterocycles. The molecule has 1 heterocycles. The van der Waals surface area contributed by atoms with Crippen LogP contribution in [0, 0.1) is 17.8 Å². The van der Waals surface area contributed by atoms with E-state index in [1.54, 1.807) is 19.3 Å². The number of fused-ring (bicyclic) bond motifs is 1. The van der Waals surface area contributed by atoms with Crippen LogP contribution in [-0.2, 0) is 0 Å². The van der Waals surface area contributed by atoms with E-state index < -0.39 is 0 Å². The van der Waals surface area contributed by atoms with Gasteiger partial charge in [-0.25, -0.2) is 4.99 Å². The highest BCUT2D eigenvalue weighted by atomic mass is 15.3. The maximum atomic E-state index is 5.67. The van der Waals surface area contributed by atoms with Crippen molar-refractivity contribution in [1.29, 1.82) is 0 Å². The summed E-state index contributed by atoms with van der Waals surface area (Å²) in [6.45, 7) is 6.56. The monoisotopic (exact) mass is 206 g/mol. The highest BCUT2D eigenvalue weighted by molar-refractivity contribution is 5.90. The molecule has 1 aliphatic carbocycles. The molecule has 2 unspecified atom stereocenters. The van der Waals surface area contributed by atoms with Gasteiger partial charge in [-0.2, -0.15) is 0 Å². The van der Waals surface area contributed by atoms with Gasteiger partial charge in [-0.05, 0) is 24.3 Å². The van der Waals surface area contributed by atoms with E-state index in [0.29, 0.717) is 0 Å². The number of aliphatic imine (C=N–C) groups is 2. The van der Waals surface area contributed by atoms with Gasteiger partial charge in [-0.1, -0.05) is 12.7 Å². The Hall–Kier alpha value is -1.16. The highest BCUT2D eigenvalue weighted by Crippen LogP contribution is 2.50. The summed E-state index contributed by atoms with van der Waals surface area (Å²) in [6, 6.07) is 0. The van der Waals surface area contributed by atoms with E-state index in [4.69, 9.17) is 5.73 Å². The quantitative estimate of drug-likeness (QED) is 0.524. The lowest BCUT2D eigenvalue weighted by Gasteiger charge is -2.19. The van der Waals surface area contributed by atoms with Gasteiger partial charge in [0, 0.05) is 26.4 Å². The number of allylic oxidation sites excluding steroid dienone is 1. The lowest BCUT2D eigenvalue weighted by molar-refractivity contribution is 0.417. The molecule has 15 heavy (non-hydrogen) atoms. The third-order valence-corrected chi connectivity index (χ3v) is 3.42. The normalized spacial score (nSPS) is 34.7. The predicted molar refractivity (Wildman–Crippen MR) is 63.1 cm³/mol. The van der Waals surface area contributed by atoms with Crippen molar-refractivity contribution in [3.8, 4) is 0 Å². The fourth-order valence-electron chi connectivity index (χ4n) is 2.56. The molecular weight excluding hydrogens is 188 g/mol. The van der Waals surface area contributed by atoms with Crippen LogP contribution in [0.2, 0.25) is 0 Å². The molecule has 82 valence electrons. The fraction of sp³-hybridized carbons (Fsp3) is 0.636. The number of guanidine groups is 1. The predicted octanol–water partition coefficient (Wildman–Crippen LogP) is 0.366. The molecule has 0 aromatic rings. The number of rotatable bonds is 2. The van der Waals surface area contributed by atoms with Crippen molar-refractivity contribution < 1.29 is 0 Å². The summed E-state index contributed by atoms with van der Waals surface area (Å²) >= 11 is 0. The maximum Gasteiger partial charge on any atom is 0.220 e. The molecule has 2 fully saturated rings. The van der Waals surface area contributed by atoms with Crippen LogP contribution in [-0.4, -0.2) is 43.8 Å². The SMILES string of the molecule is C=C/C=N\C(=NC)N1CC2C(CN)C2C1. The van der Waals surface area contributed by atoms with E-state index in [1.165, 1.54) is 0 Å². The molecular formula is C11H18N4. The van der Waals surface area contributed by atoms with E-state index >= 15 is 0 Å². The standard InChI is InChI=1S/C11H18N4/c1-3-4-14-11(13-2)15-6-9-8(5-12)10(9)7-15/h3-4,8-10H,1,5-7,12H2,2H3/b13-11?,14-4-. The molecule has 0 radical (unpaired) electrons. The number of nitrogens with zero attached hydrogens (tertiary/aromatic N) is 3. The van der Waals surface area contributed by atoms with Gasteiger partial charge in [0.25, 0.3) is 0 Å². The molecule has 0 amide bonds. The third-order valence-electron chi connectivity index (χ3n) is 3.42. The van der Waals surface area contributed by atoms with Gasteiger partial charge >= 0.3 is 0 Å². The number of nitrogens with two attached hydrogens (primary N) is 1. The molecule has 1 saturated carbocycles. The Morgan fingerprint density at radius 3 is 2.67 bits per heavy atom. The first kappa shape index (κ1) is 10.4. The molecule has 4 heteroatoms. The van der Waals surface area contributed by atoms with E-state index in [9.17, 15) is 0 Å². The summed E-state index contributed by atoms with van der Waals surface area (Å²) < 4.78 is 0. The van der Waals surface area contributed by atoms with Crippen LogP contribution in [0.3, 0.4) is 0 Å². The molecule has 2 atom stereocenters. The third kappa shape index (κ3) is 1.81. The largest absolute Gasteiger partial charge is 0.341 e. The van der Waals surface area contributed by atoms with Gasteiger partial charge in [0.1, 0.15) is 0 Å². The van der Waals surface area contributed by atoms with Crippen molar-refractivity contribution in [3.05, 3.63) is 12.7 Å². The summed E-state index contributed by atoms with van der Waals surface area (Å²) in [5.41, 5.74) is 5.67. The maximum absolute atomic E-state index is 5.67. The Bertz CT molecular complexity index is 296. The second kappa shape index (κ2) is 4.14. The van der Waals surface area contributed by atoms with Crippen LogP contribution in [0.15, 0.2) is 22.6 Å². The van der Waals surface area contributed by atoms with Gasteiger partial charge in [-0.15, -0.1) is 0 Å². The Morgan fingerprint density at radius 1 is 1.53 bits per heavy atom. The number of likely N-dealkylation sites (tertiary alicyclic amines) is 1. The summed E-state index contributed by atoms with van der Waals surface area (Å²) in [6.07, 6.45) is 3.36. The van der Waals surface area contributed by atoms with Gasteiger partial charge in [-0.3, -0.25) is 4.99 Å². The van der Waals surface area contributed by atoms with Gasteiger partial charge in [0.15, 0.2) is 0 Å². The van der Waals surface area contributed by atoms with Crippen LogP contribution in [0.1, 0.15) is 0 Å². The Kier molecular flexibility index (Phi) is 2.86. The van der Waals surface area contributed by atoms with E-state index in [0.717, 1.165) is 43.3 Å². The molecule has 4 nitrogen and oxygen atoms in total. The minimum absolute atomic E-state index is 0.753. The van der Waals surface area contributed by atoms with Crippen LogP contribution in [0.25, 0.3) is 0 Å². The van der Waals surface area contributed by atoms with Gasteiger partial charge in [0.2, 0.25) is 5.96 Å². The second-order valence-corrected chi connectivity index (χ2v) is 4.17. The zero-order chi connectivity index (χ0) is 10.8. The van der Waals surface area contributed by atoms with E-state index in [-0.39, 0.29) is 0 Å². The first-order valence-electron chi connectivity index (χ1n) is 5.38. The molecule has 2 N–H and O–H groups in total. The highest BCUT2D eigenvalue weighted by Gasteiger charge is 2.55. The second-order valence-electron chi connectivity index (χ2n) is 4.17. The molecule has 0 spiro atoms. The number of piperidine rings is 1. The lowest BCUT2D eigenvalue weighted by Crippen LogP contribution is -2.31. The summed E-state index contributed by atoms with van der Waals surface area (Å²) in [5, 5.41) is 0. The van der Waals surface area contributed by atoms with Crippen molar-refractivity contribution in [1.82, 2.24) is 4.90 Å². The average molecular weight is 206 g/mol. The van der Waals surface area contributed by atoms with Crippen molar-refractivity contribution in [2.45, 2.75) is 0 Å². The van der Waals surface area contributed by atoms with E-state index in [2.05, 4.69) is 21.5 Å². The van der Waals surface area contributed by atoms with Gasteiger partial charge in [0.05, 0.1) is 0 Å². The summed E-state index contributed by atoms with van der Waals surface area (Å²) in [7, 11) is 1.78. The first-order valence-corrected chi connectivity index (χ1v) is 5.38. The van der Waals surface area contributed by atoms with Crippen LogP contribution in [0.4, 0.5) is 0 Å². The zero-order valence-electron chi connectivity index (χ0n) is 9.13. The molecule has 2 rings (SSSR count). The first-order chi connectivity index (χ1) is 7.31. The zero-order valence-corrected chi connectivity index (χ0v) is 9.13. The molecule has 0 aromatic heterocycles. The van der Waals surface area contributed by atoms with Crippen LogP contribution < -0.4 is 5.73 Å². The molecule has 2 aliphatic rings. The Morgan fingerprint density at radius 2 is 2.20 bits per heavy atom. The van der Waals surface area contributed by atoms with Crippen LogP contribution in [0.5, 0.6) is 0 Å². The minimum Gasteiger partial charge on any atom is -0.341 e. The summed E-state index contributed by atoms with van der Waals surface area (Å²) in [4.78, 5) is 10.7. The van der Waals surface area contributed by atoms with E-state index in [1.807, 2.05) is 0 Å². The number of hydrogen-bond acceptors (Lipinski definition) is 2. The Balaban J connectivity index is 1.92. The molecule has 0 bridgehead atoms.